The fourth-order valence-corrected chi connectivity index (χ4v) is 7.03. The second-order valence-electron chi connectivity index (χ2n) is 11.2. The topological polar surface area (TPSA) is 96.0 Å². The lowest BCUT2D eigenvalue weighted by Gasteiger charge is -2.35. The number of aryl methyl sites for hydroxylation is 1. The molecule has 0 radical (unpaired) electrons. The highest BCUT2D eigenvalue weighted by Gasteiger charge is 2.36. The molecule has 2 atom stereocenters. The third-order valence-electron chi connectivity index (χ3n) is 7.88. The first-order valence-corrected chi connectivity index (χ1v) is 17.4. The van der Waals surface area contributed by atoms with Gasteiger partial charge in [0.2, 0.25) is 11.8 Å². The summed E-state index contributed by atoms with van der Waals surface area (Å²) in [5.74, 6) is -0.756. The van der Waals surface area contributed by atoms with Crippen molar-refractivity contribution in [3.8, 4) is 5.75 Å². The molecule has 0 saturated heterocycles. The van der Waals surface area contributed by atoms with Crippen LogP contribution in [0.15, 0.2) is 102 Å². The highest BCUT2D eigenvalue weighted by molar-refractivity contribution is 7.92. The van der Waals surface area contributed by atoms with Crippen molar-refractivity contribution in [3.05, 3.63) is 124 Å². The number of hydrogen-bond donors (Lipinski definition) is 1. The summed E-state index contributed by atoms with van der Waals surface area (Å²) >= 11 is 13.2. The zero-order valence-corrected chi connectivity index (χ0v) is 29.1. The molecule has 0 spiro atoms. The molecule has 0 bridgehead atoms. The van der Waals surface area contributed by atoms with Crippen LogP contribution in [0.4, 0.5) is 5.69 Å². The van der Waals surface area contributed by atoms with E-state index in [4.69, 9.17) is 27.9 Å². The van der Waals surface area contributed by atoms with Crippen molar-refractivity contribution < 1.29 is 22.7 Å². The zero-order chi connectivity index (χ0) is 34.1. The molecular weight excluding hydrogens is 657 g/mol. The van der Waals surface area contributed by atoms with Gasteiger partial charge in [-0.3, -0.25) is 13.9 Å². The molecule has 4 aromatic rings. The Labute approximate surface area is 287 Å². The number of ether oxygens (including phenoxy) is 1. The highest BCUT2D eigenvalue weighted by atomic mass is 35.5. The smallest absolute Gasteiger partial charge is 0.264 e. The van der Waals surface area contributed by atoms with E-state index in [2.05, 4.69) is 5.32 Å². The number of nitrogens with zero attached hydrogens (tertiary/aromatic N) is 2. The molecule has 0 fully saturated rings. The second kappa shape index (κ2) is 16.2. The van der Waals surface area contributed by atoms with Gasteiger partial charge in [0, 0.05) is 34.6 Å². The molecule has 4 aromatic carbocycles. The van der Waals surface area contributed by atoms with Gasteiger partial charge in [-0.05, 0) is 67.8 Å². The minimum absolute atomic E-state index is 0.00703. The summed E-state index contributed by atoms with van der Waals surface area (Å²) in [5.41, 5.74) is 2.19. The fraction of sp³-hybridized carbons (Fsp3) is 0.278. The number of nitrogens with one attached hydrogen (secondary N) is 1. The number of halogens is 2. The van der Waals surface area contributed by atoms with Crippen molar-refractivity contribution >= 4 is 50.7 Å². The molecule has 0 aliphatic rings. The van der Waals surface area contributed by atoms with Gasteiger partial charge in [-0.15, -0.1) is 0 Å². The van der Waals surface area contributed by atoms with E-state index in [1.165, 1.54) is 24.1 Å². The van der Waals surface area contributed by atoms with Crippen LogP contribution in [0.2, 0.25) is 10.0 Å². The molecular formula is C36H39Cl2N3O5S. The third-order valence-corrected chi connectivity index (χ3v) is 10.4. The van der Waals surface area contributed by atoms with Crippen molar-refractivity contribution in [1.29, 1.82) is 0 Å². The summed E-state index contributed by atoms with van der Waals surface area (Å²) in [4.78, 5) is 30.1. The van der Waals surface area contributed by atoms with Gasteiger partial charge < -0.3 is 15.0 Å². The number of hydrogen-bond acceptors (Lipinski definition) is 5. The first-order chi connectivity index (χ1) is 22.5. The average Bonchev–Trinajstić information content (AvgIpc) is 3.06. The van der Waals surface area contributed by atoms with Gasteiger partial charge in [0.05, 0.1) is 17.7 Å². The van der Waals surface area contributed by atoms with Crippen LogP contribution < -0.4 is 14.4 Å². The Bertz CT molecular complexity index is 1770. The average molecular weight is 697 g/mol. The molecule has 8 nitrogen and oxygen atoms in total. The zero-order valence-electron chi connectivity index (χ0n) is 26.8. The Kier molecular flexibility index (Phi) is 12.3. The highest BCUT2D eigenvalue weighted by Crippen LogP contribution is 2.34. The van der Waals surface area contributed by atoms with Crippen LogP contribution in [0, 0.1) is 6.92 Å². The third kappa shape index (κ3) is 8.86. The van der Waals surface area contributed by atoms with Crippen LogP contribution in [0.25, 0.3) is 0 Å². The molecule has 47 heavy (non-hydrogen) atoms. The Morgan fingerprint density at radius 2 is 1.51 bits per heavy atom. The quantitative estimate of drug-likeness (QED) is 0.152. The maximum Gasteiger partial charge on any atom is 0.264 e. The van der Waals surface area contributed by atoms with Crippen molar-refractivity contribution in [1.82, 2.24) is 10.2 Å². The summed E-state index contributed by atoms with van der Waals surface area (Å²) < 4.78 is 35.2. The van der Waals surface area contributed by atoms with E-state index >= 15 is 0 Å². The minimum atomic E-state index is -4.30. The number of amides is 2. The molecule has 248 valence electrons. The maximum atomic E-state index is 14.7. The first-order valence-electron chi connectivity index (χ1n) is 15.2. The minimum Gasteiger partial charge on any atom is -0.495 e. The van der Waals surface area contributed by atoms with Crippen LogP contribution in [0.1, 0.15) is 37.0 Å². The molecule has 0 saturated carbocycles. The molecule has 4 rings (SSSR count). The summed E-state index contributed by atoms with van der Waals surface area (Å²) in [6.45, 7) is 4.87. The Morgan fingerprint density at radius 3 is 2.11 bits per heavy atom. The van der Waals surface area contributed by atoms with Crippen LogP contribution in [-0.4, -0.2) is 50.9 Å². The number of benzene rings is 4. The van der Waals surface area contributed by atoms with Gasteiger partial charge in [0.1, 0.15) is 18.3 Å². The van der Waals surface area contributed by atoms with E-state index in [0.717, 1.165) is 15.4 Å². The largest absolute Gasteiger partial charge is 0.495 e. The van der Waals surface area contributed by atoms with Crippen molar-refractivity contribution in [2.45, 2.75) is 57.1 Å². The summed E-state index contributed by atoms with van der Waals surface area (Å²) in [6.07, 6.45) is 0.834. The number of anilines is 1. The lowest BCUT2D eigenvalue weighted by Crippen LogP contribution is -2.54. The summed E-state index contributed by atoms with van der Waals surface area (Å²) in [5, 5.41) is 3.64. The van der Waals surface area contributed by atoms with E-state index in [9.17, 15) is 18.0 Å². The Balaban J connectivity index is 1.88. The molecule has 2 amide bonds. The standard InChI is InChI=1S/C36H39Cl2N3O5S/c1-5-26(3)39-36(43)33(22-27-13-8-6-9-14-27)40(23-29-30(37)17-12-18-31(29)38)35(42)24-41(32-21-25(2)19-20-34(32)46-4)47(44,45)28-15-10-7-11-16-28/h6-21,26,33H,5,22-24H2,1-4H3,(H,39,43)/t26-,33-/m0/s1. The van der Waals surface area contributed by atoms with Crippen molar-refractivity contribution in [2.75, 3.05) is 18.0 Å². The van der Waals surface area contributed by atoms with Gasteiger partial charge in [0.25, 0.3) is 10.0 Å². The number of sulfonamides is 1. The molecule has 0 unspecified atom stereocenters. The predicted molar refractivity (Wildman–Crippen MR) is 188 cm³/mol. The van der Waals surface area contributed by atoms with E-state index < -0.39 is 28.5 Å². The first kappa shape index (κ1) is 35.8. The van der Waals surface area contributed by atoms with Crippen LogP contribution >= 0.6 is 23.2 Å². The van der Waals surface area contributed by atoms with Gasteiger partial charge in [-0.25, -0.2) is 8.42 Å². The molecule has 0 aromatic heterocycles. The fourth-order valence-electron chi connectivity index (χ4n) is 5.08. The van der Waals surface area contributed by atoms with E-state index in [1.807, 2.05) is 51.1 Å². The van der Waals surface area contributed by atoms with E-state index in [-0.39, 0.29) is 41.2 Å². The molecule has 0 heterocycles. The lowest BCUT2D eigenvalue weighted by atomic mass is 10.0. The number of methoxy groups -OCH3 is 1. The Hall–Kier alpha value is -4.05. The predicted octanol–water partition coefficient (Wildman–Crippen LogP) is 7.06. The van der Waals surface area contributed by atoms with Crippen LogP contribution in [-0.2, 0) is 32.6 Å². The maximum absolute atomic E-state index is 14.7. The van der Waals surface area contributed by atoms with Gasteiger partial charge in [-0.1, -0.05) is 90.8 Å². The number of rotatable bonds is 14. The van der Waals surface area contributed by atoms with Gasteiger partial charge >= 0.3 is 0 Å². The van der Waals surface area contributed by atoms with Crippen LogP contribution in [0.3, 0.4) is 0 Å². The molecule has 0 aliphatic heterocycles. The van der Waals surface area contributed by atoms with Gasteiger partial charge in [0.15, 0.2) is 0 Å². The van der Waals surface area contributed by atoms with E-state index in [0.29, 0.717) is 22.0 Å². The van der Waals surface area contributed by atoms with Gasteiger partial charge in [-0.2, -0.15) is 0 Å². The van der Waals surface area contributed by atoms with Crippen LogP contribution in [0.5, 0.6) is 5.75 Å². The number of carbonyl (C=O) groups is 2. The molecule has 11 heteroatoms. The Morgan fingerprint density at radius 1 is 0.894 bits per heavy atom. The second-order valence-corrected chi connectivity index (χ2v) is 13.9. The summed E-state index contributed by atoms with van der Waals surface area (Å²) in [7, 11) is -2.86. The summed E-state index contributed by atoms with van der Waals surface area (Å²) in [6, 6.07) is 26.1. The SMILES string of the molecule is CC[C@H](C)NC(=O)[C@H](Cc1ccccc1)N(Cc1c(Cl)cccc1Cl)C(=O)CN(c1cc(C)ccc1OC)S(=O)(=O)c1ccccc1. The molecule has 0 aliphatic carbocycles. The molecule has 1 N–H and O–H groups in total. The monoisotopic (exact) mass is 695 g/mol. The number of carbonyl (C=O) groups excluding carboxylic acids is 2. The lowest BCUT2D eigenvalue weighted by molar-refractivity contribution is -0.140. The van der Waals surface area contributed by atoms with Crippen molar-refractivity contribution in [3.63, 3.8) is 0 Å². The normalized spacial score (nSPS) is 12.6. The van der Waals surface area contributed by atoms with Crippen molar-refractivity contribution in [2.24, 2.45) is 0 Å². The van der Waals surface area contributed by atoms with E-state index in [1.54, 1.807) is 54.6 Å².